The lowest BCUT2D eigenvalue weighted by Gasteiger charge is -2.36. The maximum atomic E-state index is 12.8. The SMILES string of the molecule is COC(=O)C1=C(C)N=C2SC=C(CC(=O)NCc3ccccc3)N2C1c1cccc(OC)c1. The lowest BCUT2D eigenvalue weighted by molar-refractivity contribution is -0.136. The highest BCUT2D eigenvalue weighted by atomic mass is 32.2. The minimum Gasteiger partial charge on any atom is -0.497 e. The van der Waals surface area contributed by atoms with Crippen LogP contribution < -0.4 is 10.1 Å². The van der Waals surface area contributed by atoms with Gasteiger partial charge in [0.1, 0.15) is 5.75 Å². The van der Waals surface area contributed by atoms with Crippen LogP contribution in [0, 0.1) is 0 Å². The number of esters is 1. The normalized spacial score (nSPS) is 17.2. The summed E-state index contributed by atoms with van der Waals surface area (Å²) in [5.74, 6) is 0.117. The van der Waals surface area contributed by atoms with Crippen molar-refractivity contribution in [3.63, 3.8) is 0 Å². The zero-order chi connectivity index (χ0) is 23.4. The van der Waals surface area contributed by atoms with Crippen LogP contribution in [0.25, 0.3) is 0 Å². The van der Waals surface area contributed by atoms with E-state index >= 15 is 0 Å². The molecule has 1 atom stereocenters. The van der Waals surface area contributed by atoms with Gasteiger partial charge in [0.15, 0.2) is 5.17 Å². The molecule has 0 radical (unpaired) electrons. The first-order chi connectivity index (χ1) is 16.0. The van der Waals surface area contributed by atoms with Crippen LogP contribution in [0.2, 0.25) is 0 Å². The van der Waals surface area contributed by atoms with Gasteiger partial charge in [-0.05, 0) is 35.6 Å². The van der Waals surface area contributed by atoms with E-state index in [1.54, 1.807) is 14.0 Å². The lowest BCUT2D eigenvalue weighted by atomic mass is 9.93. The molecule has 4 rings (SSSR count). The number of rotatable bonds is 7. The molecule has 8 heteroatoms. The number of thioether (sulfide) groups is 1. The quantitative estimate of drug-likeness (QED) is 0.622. The van der Waals surface area contributed by atoms with Gasteiger partial charge < -0.3 is 19.7 Å². The van der Waals surface area contributed by atoms with Gasteiger partial charge in [0.25, 0.3) is 0 Å². The lowest BCUT2D eigenvalue weighted by Crippen LogP contribution is -2.37. The molecular weight excluding hydrogens is 438 g/mol. The van der Waals surface area contributed by atoms with Crippen LogP contribution in [0.15, 0.2) is 82.0 Å². The second-order valence-electron chi connectivity index (χ2n) is 7.60. The third-order valence-corrected chi connectivity index (χ3v) is 6.38. The number of hydrogen-bond donors (Lipinski definition) is 1. The Morgan fingerprint density at radius 2 is 1.91 bits per heavy atom. The maximum absolute atomic E-state index is 12.8. The van der Waals surface area contributed by atoms with Gasteiger partial charge in [0.2, 0.25) is 5.91 Å². The second kappa shape index (κ2) is 9.95. The third-order valence-electron chi connectivity index (χ3n) is 5.49. The molecule has 2 aliphatic heterocycles. The van der Waals surface area contributed by atoms with Gasteiger partial charge in [-0.25, -0.2) is 9.79 Å². The molecule has 1 N–H and O–H groups in total. The van der Waals surface area contributed by atoms with Gasteiger partial charge in [-0.15, -0.1) is 0 Å². The number of ether oxygens (including phenoxy) is 2. The minimum atomic E-state index is -0.483. The van der Waals surface area contributed by atoms with Crippen LogP contribution in [0.3, 0.4) is 0 Å². The molecule has 1 unspecified atom stereocenters. The minimum absolute atomic E-state index is 0.109. The maximum Gasteiger partial charge on any atom is 0.338 e. The second-order valence-corrected chi connectivity index (χ2v) is 8.44. The summed E-state index contributed by atoms with van der Waals surface area (Å²) in [6.45, 7) is 2.25. The van der Waals surface area contributed by atoms with Crippen molar-refractivity contribution < 1.29 is 19.1 Å². The predicted molar refractivity (Wildman–Crippen MR) is 128 cm³/mol. The fourth-order valence-electron chi connectivity index (χ4n) is 3.89. The highest BCUT2D eigenvalue weighted by molar-refractivity contribution is 8.16. The van der Waals surface area contributed by atoms with Gasteiger partial charge in [0, 0.05) is 12.2 Å². The molecule has 0 fully saturated rings. The van der Waals surface area contributed by atoms with Gasteiger partial charge in [0.05, 0.1) is 38.0 Å². The van der Waals surface area contributed by atoms with Gasteiger partial charge in [-0.3, -0.25) is 4.79 Å². The molecule has 2 aromatic rings. The van der Waals surface area contributed by atoms with Crippen molar-refractivity contribution in [3.05, 3.63) is 88.1 Å². The summed E-state index contributed by atoms with van der Waals surface area (Å²) in [6.07, 6.45) is 0.160. The number of hydrogen-bond acceptors (Lipinski definition) is 7. The van der Waals surface area contributed by atoms with E-state index in [2.05, 4.69) is 10.3 Å². The summed E-state index contributed by atoms with van der Waals surface area (Å²) < 4.78 is 10.5. The molecule has 0 bridgehead atoms. The zero-order valence-electron chi connectivity index (χ0n) is 18.7. The topological polar surface area (TPSA) is 80.2 Å². The average molecular weight is 464 g/mol. The number of methoxy groups -OCH3 is 2. The number of nitrogens with zero attached hydrogens (tertiary/aromatic N) is 2. The number of aliphatic imine (C=N–C) groups is 1. The molecule has 2 heterocycles. The first-order valence-electron chi connectivity index (χ1n) is 10.5. The number of amides is 1. The van der Waals surface area contributed by atoms with Crippen LogP contribution in [0.4, 0.5) is 0 Å². The van der Waals surface area contributed by atoms with Crippen LogP contribution in [-0.2, 0) is 20.9 Å². The molecule has 1 amide bonds. The summed E-state index contributed by atoms with van der Waals surface area (Å²) in [4.78, 5) is 32.1. The van der Waals surface area contributed by atoms with E-state index in [0.717, 1.165) is 22.0 Å². The third kappa shape index (κ3) is 4.80. The Kier molecular flexibility index (Phi) is 6.84. The summed E-state index contributed by atoms with van der Waals surface area (Å²) in [5, 5.41) is 5.61. The van der Waals surface area contributed by atoms with Crippen LogP contribution in [0.5, 0.6) is 5.75 Å². The molecule has 0 saturated heterocycles. The predicted octanol–water partition coefficient (Wildman–Crippen LogP) is 4.15. The number of amidine groups is 1. The molecule has 2 aliphatic rings. The first-order valence-corrected chi connectivity index (χ1v) is 11.4. The van der Waals surface area contributed by atoms with Gasteiger partial charge in [-0.2, -0.15) is 0 Å². The number of carbonyl (C=O) groups excluding carboxylic acids is 2. The van der Waals surface area contributed by atoms with E-state index in [1.165, 1.54) is 18.9 Å². The van der Waals surface area contributed by atoms with E-state index < -0.39 is 12.0 Å². The van der Waals surface area contributed by atoms with Crippen molar-refractivity contribution in [1.82, 2.24) is 10.2 Å². The van der Waals surface area contributed by atoms with Crippen molar-refractivity contribution in [3.8, 4) is 5.75 Å². The largest absolute Gasteiger partial charge is 0.497 e. The number of carbonyl (C=O) groups is 2. The number of nitrogens with one attached hydrogen (secondary N) is 1. The molecule has 0 spiro atoms. The average Bonchev–Trinajstić information content (AvgIpc) is 3.23. The van der Waals surface area contributed by atoms with Crippen molar-refractivity contribution in [1.29, 1.82) is 0 Å². The zero-order valence-corrected chi connectivity index (χ0v) is 19.5. The molecule has 0 saturated carbocycles. The highest BCUT2D eigenvalue weighted by Crippen LogP contribution is 2.45. The monoisotopic (exact) mass is 463 g/mol. The van der Waals surface area contributed by atoms with Crippen LogP contribution in [0.1, 0.15) is 30.5 Å². The first kappa shape index (κ1) is 22.7. The van der Waals surface area contributed by atoms with E-state index in [0.29, 0.717) is 23.6 Å². The Bertz CT molecular complexity index is 1160. The summed E-state index contributed by atoms with van der Waals surface area (Å²) in [6, 6.07) is 16.8. The summed E-state index contributed by atoms with van der Waals surface area (Å²) in [7, 11) is 2.96. The molecule has 0 aromatic heterocycles. The molecule has 0 aliphatic carbocycles. The molecule has 170 valence electrons. The number of allylic oxidation sites excluding steroid dienone is 1. The molecule has 7 nitrogen and oxygen atoms in total. The van der Waals surface area contributed by atoms with Gasteiger partial charge >= 0.3 is 5.97 Å². The Morgan fingerprint density at radius 3 is 2.64 bits per heavy atom. The van der Waals surface area contributed by atoms with Crippen LogP contribution in [-0.4, -0.2) is 36.2 Å². The van der Waals surface area contributed by atoms with Crippen LogP contribution >= 0.6 is 11.8 Å². The van der Waals surface area contributed by atoms with Crippen molar-refractivity contribution in [2.75, 3.05) is 14.2 Å². The highest BCUT2D eigenvalue weighted by Gasteiger charge is 2.41. The van der Waals surface area contributed by atoms with E-state index in [-0.39, 0.29) is 12.3 Å². The molecular formula is C25H25N3O4S. The van der Waals surface area contributed by atoms with Crippen molar-refractivity contribution in [2.45, 2.75) is 25.9 Å². The van der Waals surface area contributed by atoms with E-state index in [4.69, 9.17) is 9.47 Å². The smallest absolute Gasteiger partial charge is 0.338 e. The Hall–Kier alpha value is -3.52. The summed E-state index contributed by atoms with van der Waals surface area (Å²) in [5.41, 5.74) is 3.68. The summed E-state index contributed by atoms with van der Waals surface area (Å²) >= 11 is 1.44. The standard InChI is InChI=1S/C25H25N3O4S/c1-16-22(24(30)32-3)23(18-10-7-11-20(12-18)31-2)28-19(15-33-25(28)27-16)13-21(29)26-14-17-8-5-4-6-9-17/h4-12,15,23H,13-14H2,1-3H3,(H,26,29). The molecule has 2 aromatic carbocycles. The van der Waals surface area contributed by atoms with E-state index in [1.807, 2.05) is 64.9 Å². The van der Waals surface area contributed by atoms with E-state index in [9.17, 15) is 9.59 Å². The van der Waals surface area contributed by atoms with Crippen molar-refractivity contribution in [2.24, 2.45) is 4.99 Å². The number of fused-ring (bicyclic) bond motifs is 1. The fraction of sp³-hybridized carbons (Fsp3) is 0.240. The number of benzene rings is 2. The van der Waals surface area contributed by atoms with Gasteiger partial charge in [-0.1, -0.05) is 54.2 Å². The Morgan fingerprint density at radius 1 is 1.12 bits per heavy atom. The van der Waals surface area contributed by atoms with Crippen molar-refractivity contribution >= 4 is 28.8 Å². The fourth-order valence-corrected chi connectivity index (χ4v) is 4.86. The Labute approximate surface area is 197 Å². The Balaban J connectivity index is 1.62. The molecule has 33 heavy (non-hydrogen) atoms.